The van der Waals surface area contributed by atoms with Gasteiger partial charge in [-0.15, -0.1) is 0 Å². The summed E-state index contributed by atoms with van der Waals surface area (Å²) in [5.74, 6) is 0. The van der Waals surface area contributed by atoms with Crippen molar-refractivity contribution in [1.82, 2.24) is 5.32 Å². The molecule has 1 N–H and O–H groups in total. The Morgan fingerprint density at radius 1 is 1.16 bits per heavy atom. The van der Waals surface area contributed by atoms with Gasteiger partial charge in [0.1, 0.15) is 0 Å². The zero-order valence-corrected chi connectivity index (χ0v) is 11.6. The summed E-state index contributed by atoms with van der Waals surface area (Å²) in [7, 11) is 0. The lowest BCUT2D eigenvalue weighted by Crippen LogP contribution is -2.50. The third kappa shape index (κ3) is 2.59. The second kappa shape index (κ2) is 5.62. The van der Waals surface area contributed by atoms with Crippen molar-refractivity contribution in [3.63, 3.8) is 0 Å². The standard InChI is InChI=1S/C17H22N2/c1-2-6-15-13-19(12-11-18-15)17-10-5-8-14-7-3-4-9-16(14)17/h3-5,7-10,15,18H,2,6,11-13H2,1H3. The molecule has 1 aliphatic heterocycles. The van der Waals surface area contributed by atoms with Crippen LogP contribution in [0.5, 0.6) is 0 Å². The van der Waals surface area contributed by atoms with Crippen molar-refractivity contribution in [2.24, 2.45) is 0 Å². The van der Waals surface area contributed by atoms with Gasteiger partial charge in [-0.2, -0.15) is 0 Å². The Kier molecular flexibility index (Phi) is 3.69. The van der Waals surface area contributed by atoms with Crippen LogP contribution in [0.4, 0.5) is 5.69 Å². The minimum absolute atomic E-state index is 0.637. The highest BCUT2D eigenvalue weighted by molar-refractivity contribution is 5.94. The highest BCUT2D eigenvalue weighted by Crippen LogP contribution is 2.27. The van der Waals surface area contributed by atoms with Crippen LogP contribution in [0.25, 0.3) is 10.8 Å². The summed E-state index contributed by atoms with van der Waals surface area (Å²) in [4.78, 5) is 2.54. The Bertz CT molecular complexity index is 542. The van der Waals surface area contributed by atoms with Crippen molar-refractivity contribution in [3.8, 4) is 0 Å². The molecule has 2 nitrogen and oxygen atoms in total. The highest BCUT2D eigenvalue weighted by atomic mass is 15.2. The molecule has 1 heterocycles. The molecule has 0 saturated carbocycles. The molecular weight excluding hydrogens is 232 g/mol. The average molecular weight is 254 g/mol. The fourth-order valence-electron chi connectivity index (χ4n) is 3.07. The number of fused-ring (bicyclic) bond motifs is 1. The summed E-state index contributed by atoms with van der Waals surface area (Å²) in [5.41, 5.74) is 1.39. The molecule has 0 amide bonds. The van der Waals surface area contributed by atoms with Gasteiger partial charge in [0, 0.05) is 36.7 Å². The van der Waals surface area contributed by atoms with E-state index in [4.69, 9.17) is 0 Å². The minimum Gasteiger partial charge on any atom is -0.368 e. The summed E-state index contributed by atoms with van der Waals surface area (Å²) in [5, 5.41) is 6.34. The van der Waals surface area contributed by atoms with Crippen LogP contribution < -0.4 is 10.2 Å². The number of anilines is 1. The Balaban J connectivity index is 1.91. The van der Waals surface area contributed by atoms with Gasteiger partial charge in [0.15, 0.2) is 0 Å². The van der Waals surface area contributed by atoms with Gasteiger partial charge in [0.2, 0.25) is 0 Å². The van der Waals surface area contributed by atoms with Crippen molar-refractivity contribution < 1.29 is 0 Å². The van der Waals surface area contributed by atoms with E-state index in [0.717, 1.165) is 19.6 Å². The molecule has 0 radical (unpaired) electrons. The van der Waals surface area contributed by atoms with E-state index in [1.807, 2.05) is 0 Å². The maximum atomic E-state index is 3.63. The zero-order chi connectivity index (χ0) is 13.1. The highest BCUT2D eigenvalue weighted by Gasteiger charge is 2.19. The first-order valence-corrected chi connectivity index (χ1v) is 7.34. The molecule has 2 heteroatoms. The number of hydrogen-bond acceptors (Lipinski definition) is 2. The van der Waals surface area contributed by atoms with Crippen LogP contribution in [0, 0.1) is 0 Å². The van der Waals surface area contributed by atoms with Crippen molar-refractivity contribution in [2.45, 2.75) is 25.8 Å². The molecule has 0 bridgehead atoms. The van der Waals surface area contributed by atoms with E-state index in [0.29, 0.717) is 6.04 Å². The molecule has 2 aromatic rings. The van der Waals surface area contributed by atoms with E-state index >= 15 is 0 Å². The van der Waals surface area contributed by atoms with E-state index in [1.165, 1.54) is 29.3 Å². The van der Waals surface area contributed by atoms with Gasteiger partial charge in [-0.25, -0.2) is 0 Å². The monoisotopic (exact) mass is 254 g/mol. The molecule has 0 aliphatic carbocycles. The van der Waals surface area contributed by atoms with Crippen LogP contribution in [0.15, 0.2) is 42.5 Å². The molecule has 0 spiro atoms. The second-order valence-corrected chi connectivity index (χ2v) is 5.38. The van der Waals surface area contributed by atoms with Gasteiger partial charge < -0.3 is 10.2 Å². The maximum Gasteiger partial charge on any atom is 0.0446 e. The number of rotatable bonds is 3. The molecule has 1 aliphatic rings. The predicted octanol–water partition coefficient (Wildman–Crippen LogP) is 3.42. The molecule has 1 fully saturated rings. The van der Waals surface area contributed by atoms with Crippen molar-refractivity contribution >= 4 is 16.5 Å². The zero-order valence-electron chi connectivity index (χ0n) is 11.6. The summed E-state index contributed by atoms with van der Waals surface area (Å²) >= 11 is 0. The first-order valence-electron chi connectivity index (χ1n) is 7.34. The molecule has 0 aromatic heterocycles. The summed E-state index contributed by atoms with van der Waals surface area (Å²) in [6.07, 6.45) is 2.52. The fourth-order valence-corrected chi connectivity index (χ4v) is 3.07. The molecule has 1 unspecified atom stereocenters. The van der Waals surface area contributed by atoms with Crippen LogP contribution in [0.2, 0.25) is 0 Å². The van der Waals surface area contributed by atoms with Crippen LogP contribution >= 0.6 is 0 Å². The molecule has 19 heavy (non-hydrogen) atoms. The summed E-state index contributed by atoms with van der Waals surface area (Å²) in [6.45, 7) is 5.59. The summed E-state index contributed by atoms with van der Waals surface area (Å²) in [6, 6.07) is 16.0. The van der Waals surface area contributed by atoms with Gasteiger partial charge in [0.25, 0.3) is 0 Å². The quantitative estimate of drug-likeness (QED) is 0.903. The van der Waals surface area contributed by atoms with E-state index in [-0.39, 0.29) is 0 Å². The second-order valence-electron chi connectivity index (χ2n) is 5.38. The number of nitrogens with zero attached hydrogens (tertiary/aromatic N) is 1. The number of piperazine rings is 1. The third-order valence-corrected chi connectivity index (χ3v) is 4.00. The normalized spacial score (nSPS) is 19.8. The van der Waals surface area contributed by atoms with Crippen molar-refractivity contribution in [3.05, 3.63) is 42.5 Å². The number of hydrogen-bond donors (Lipinski definition) is 1. The molecule has 3 rings (SSSR count). The van der Waals surface area contributed by atoms with Crippen LogP contribution in [0.3, 0.4) is 0 Å². The van der Waals surface area contributed by atoms with Gasteiger partial charge >= 0.3 is 0 Å². The van der Waals surface area contributed by atoms with Gasteiger partial charge in [0.05, 0.1) is 0 Å². The van der Waals surface area contributed by atoms with Crippen LogP contribution in [-0.4, -0.2) is 25.7 Å². The van der Waals surface area contributed by atoms with E-state index in [2.05, 4.69) is 59.6 Å². The van der Waals surface area contributed by atoms with Crippen molar-refractivity contribution in [1.29, 1.82) is 0 Å². The Hall–Kier alpha value is -1.54. The average Bonchev–Trinajstić information content (AvgIpc) is 2.47. The smallest absolute Gasteiger partial charge is 0.0446 e. The molecule has 1 saturated heterocycles. The van der Waals surface area contributed by atoms with E-state index in [1.54, 1.807) is 0 Å². The van der Waals surface area contributed by atoms with Crippen molar-refractivity contribution in [2.75, 3.05) is 24.5 Å². The molecule has 1 atom stereocenters. The third-order valence-electron chi connectivity index (χ3n) is 4.00. The molecular formula is C17H22N2. The van der Waals surface area contributed by atoms with E-state index < -0.39 is 0 Å². The lowest BCUT2D eigenvalue weighted by atomic mass is 10.0. The first kappa shape index (κ1) is 12.5. The first-order chi connectivity index (χ1) is 9.38. The SMILES string of the molecule is CCCC1CN(c2cccc3ccccc23)CCN1. The maximum absolute atomic E-state index is 3.63. The van der Waals surface area contributed by atoms with Gasteiger partial charge in [-0.3, -0.25) is 0 Å². The van der Waals surface area contributed by atoms with Gasteiger partial charge in [-0.05, 0) is 17.9 Å². The van der Waals surface area contributed by atoms with E-state index in [9.17, 15) is 0 Å². The molecule has 100 valence electrons. The minimum atomic E-state index is 0.637. The van der Waals surface area contributed by atoms with Crippen LogP contribution in [0.1, 0.15) is 19.8 Å². The molecule has 2 aromatic carbocycles. The lowest BCUT2D eigenvalue weighted by Gasteiger charge is -2.36. The Morgan fingerprint density at radius 2 is 2.00 bits per heavy atom. The number of nitrogens with one attached hydrogen (secondary N) is 1. The van der Waals surface area contributed by atoms with Gasteiger partial charge in [-0.1, -0.05) is 49.7 Å². The van der Waals surface area contributed by atoms with Crippen LogP contribution in [-0.2, 0) is 0 Å². The predicted molar refractivity (Wildman–Crippen MR) is 82.9 cm³/mol. The largest absolute Gasteiger partial charge is 0.368 e. The fraction of sp³-hybridized carbons (Fsp3) is 0.412. The number of benzene rings is 2. The lowest BCUT2D eigenvalue weighted by molar-refractivity contribution is 0.431. The summed E-state index contributed by atoms with van der Waals surface area (Å²) < 4.78 is 0. The Labute approximate surface area is 115 Å². The topological polar surface area (TPSA) is 15.3 Å². The Morgan fingerprint density at radius 3 is 2.89 bits per heavy atom.